The van der Waals surface area contributed by atoms with Crippen molar-refractivity contribution in [1.82, 2.24) is 9.38 Å². The normalized spacial score (nSPS) is 11.0. The van der Waals surface area contributed by atoms with Gasteiger partial charge < -0.3 is 14.2 Å². The van der Waals surface area contributed by atoms with Gasteiger partial charge in [0.2, 0.25) is 0 Å². The van der Waals surface area contributed by atoms with E-state index >= 15 is 0 Å². The van der Waals surface area contributed by atoms with E-state index in [1.165, 1.54) is 6.20 Å². The van der Waals surface area contributed by atoms with E-state index in [1.54, 1.807) is 29.7 Å². The van der Waals surface area contributed by atoms with Crippen LogP contribution in [0.1, 0.15) is 17.4 Å². The zero-order valence-corrected chi connectivity index (χ0v) is 13.9. The lowest BCUT2D eigenvalue weighted by Gasteiger charge is -2.10. The molecule has 3 aromatic rings. The maximum atomic E-state index is 13.7. The fraction of sp³-hybridized carbons (Fsp3) is 0.125. The number of imidazole rings is 1. The van der Waals surface area contributed by atoms with Crippen molar-refractivity contribution in [3.05, 3.63) is 52.1 Å². The summed E-state index contributed by atoms with van der Waals surface area (Å²) in [7, 11) is 0. The average molecular weight is 369 g/mol. The van der Waals surface area contributed by atoms with Crippen molar-refractivity contribution >= 4 is 34.8 Å². The number of carbonyl (C=O) groups is 1. The van der Waals surface area contributed by atoms with Crippen LogP contribution in [0.15, 0.2) is 30.6 Å². The maximum absolute atomic E-state index is 13.7. The van der Waals surface area contributed by atoms with Gasteiger partial charge in [-0.1, -0.05) is 23.2 Å². The van der Waals surface area contributed by atoms with Crippen LogP contribution in [0.25, 0.3) is 16.8 Å². The van der Waals surface area contributed by atoms with E-state index in [4.69, 9.17) is 27.9 Å². The van der Waals surface area contributed by atoms with Crippen LogP contribution in [0.3, 0.4) is 0 Å². The second kappa shape index (κ2) is 6.30. The molecule has 0 radical (unpaired) electrons. The summed E-state index contributed by atoms with van der Waals surface area (Å²) in [4.78, 5) is 15.9. The van der Waals surface area contributed by atoms with E-state index in [0.29, 0.717) is 11.2 Å². The molecule has 0 aliphatic carbocycles. The zero-order chi connectivity index (χ0) is 17.4. The van der Waals surface area contributed by atoms with E-state index in [2.05, 4.69) is 4.98 Å². The summed E-state index contributed by atoms with van der Waals surface area (Å²) in [6, 6.07) is 4.09. The van der Waals surface area contributed by atoms with E-state index < -0.39 is 17.5 Å². The van der Waals surface area contributed by atoms with Gasteiger partial charge in [-0.2, -0.15) is 0 Å². The lowest BCUT2D eigenvalue weighted by molar-refractivity contribution is 0.0520. The summed E-state index contributed by atoms with van der Waals surface area (Å²) in [5.41, 5.74) is 1.02. The van der Waals surface area contributed by atoms with Crippen LogP contribution in [-0.4, -0.2) is 27.1 Å². The van der Waals surface area contributed by atoms with Crippen LogP contribution in [-0.2, 0) is 4.74 Å². The van der Waals surface area contributed by atoms with Crippen molar-refractivity contribution in [3.63, 3.8) is 0 Å². The monoisotopic (exact) mass is 368 g/mol. The van der Waals surface area contributed by atoms with Crippen LogP contribution in [0, 0.1) is 5.82 Å². The maximum Gasteiger partial charge on any atom is 0.358 e. The Morgan fingerprint density at radius 2 is 2.17 bits per heavy atom. The molecule has 0 atom stereocenters. The molecule has 0 unspecified atom stereocenters. The second-order valence-corrected chi connectivity index (χ2v) is 5.69. The number of halogens is 3. The average Bonchev–Trinajstić information content (AvgIpc) is 2.97. The number of pyridine rings is 1. The SMILES string of the molecule is CCOC(=O)c1cn2ccc(-c3c(O)c(F)cc(Cl)c3Cl)cc2n1. The first kappa shape index (κ1) is 16.5. The van der Waals surface area contributed by atoms with Gasteiger partial charge in [0.15, 0.2) is 17.3 Å². The number of phenols is 1. The molecule has 124 valence electrons. The highest BCUT2D eigenvalue weighted by molar-refractivity contribution is 6.44. The molecule has 0 amide bonds. The smallest absolute Gasteiger partial charge is 0.358 e. The molecule has 1 aromatic carbocycles. The molecule has 2 aromatic heterocycles. The predicted molar refractivity (Wildman–Crippen MR) is 88.2 cm³/mol. The molecule has 0 saturated carbocycles. The number of ether oxygens (including phenoxy) is 1. The van der Waals surface area contributed by atoms with Gasteiger partial charge in [-0.25, -0.2) is 14.2 Å². The molecule has 0 saturated heterocycles. The number of benzene rings is 1. The first-order chi connectivity index (χ1) is 11.4. The Morgan fingerprint density at radius 3 is 2.88 bits per heavy atom. The van der Waals surface area contributed by atoms with E-state index in [0.717, 1.165) is 6.07 Å². The molecule has 1 N–H and O–H groups in total. The molecule has 3 rings (SSSR count). The van der Waals surface area contributed by atoms with Gasteiger partial charge in [0.05, 0.1) is 16.7 Å². The third-order valence-corrected chi connectivity index (χ3v) is 4.17. The molecule has 0 spiro atoms. The fourth-order valence-electron chi connectivity index (χ4n) is 2.29. The quantitative estimate of drug-likeness (QED) is 0.551. The molecule has 8 heteroatoms. The summed E-state index contributed by atoms with van der Waals surface area (Å²) in [6.07, 6.45) is 3.12. The Balaban J connectivity index is 2.14. The Labute approximate surface area is 146 Å². The number of phenolic OH excluding ortho intramolecular Hbond substituents is 1. The van der Waals surface area contributed by atoms with Crippen molar-refractivity contribution in [2.24, 2.45) is 0 Å². The Bertz CT molecular complexity index is 930. The summed E-state index contributed by atoms with van der Waals surface area (Å²) >= 11 is 12.0. The highest BCUT2D eigenvalue weighted by Gasteiger charge is 2.19. The standard InChI is InChI=1S/C16H11Cl2FN2O3/c1-2-24-16(23)11-7-21-4-3-8(5-12(21)20-11)13-14(18)9(17)6-10(19)15(13)22/h3-7,22H,2H2,1H3. The first-order valence-corrected chi connectivity index (χ1v) is 7.70. The van der Waals surface area contributed by atoms with Gasteiger partial charge in [0.1, 0.15) is 5.65 Å². The minimum Gasteiger partial charge on any atom is -0.504 e. The highest BCUT2D eigenvalue weighted by atomic mass is 35.5. The summed E-state index contributed by atoms with van der Waals surface area (Å²) in [6.45, 7) is 1.94. The number of aromatic hydroxyl groups is 1. The van der Waals surface area contributed by atoms with Gasteiger partial charge in [0, 0.05) is 18.0 Å². The largest absolute Gasteiger partial charge is 0.504 e. The van der Waals surface area contributed by atoms with Crippen LogP contribution < -0.4 is 0 Å². The van der Waals surface area contributed by atoms with Crippen molar-refractivity contribution in [3.8, 4) is 16.9 Å². The first-order valence-electron chi connectivity index (χ1n) is 6.95. The number of nitrogens with zero attached hydrogens (tertiary/aromatic N) is 2. The zero-order valence-electron chi connectivity index (χ0n) is 12.4. The van der Waals surface area contributed by atoms with Gasteiger partial charge in [-0.3, -0.25) is 0 Å². The van der Waals surface area contributed by atoms with E-state index in [1.807, 2.05) is 0 Å². The molecular formula is C16H11Cl2FN2O3. The summed E-state index contributed by atoms with van der Waals surface area (Å²) in [5.74, 6) is -2.03. The van der Waals surface area contributed by atoms with Crippen LogP contribution in [0.2, 0.25) is 10.0 Å². The second-order valence-electron chi connectivity index (χ2n) is 4.91. The Morgan fingerprint density at radius 1 is 1.42 bits per heavy atom. The van der Waals surface area contributed by atoms with Crippen molar-refractivity contribution in [1.29, 1.82) is 0 Å². The Hall–Kier alpha value is -2.31. The molecule has 24 heavy (non-hydrogen) atoms. The van der Waals surface area contributed by atoms with Crippen LogP contribution in [0.5, 0.6) is 5.75 Å². The van der Waals surface area contributed by atoms with Gasteiger partial charge in [-0.15, -0.1) is 0 Å². The Kier molecular flexibility index (Phi) is 4.34. The predicted octanol–water partition coefficient (Wildman–Crippen LogP) is 4.33. The van der Waals surface area contributed by atoms with Crippen LogP contribution in [0.4, 0.5) is 4.39 Å². The fourth-order valence-corrected chi connectivity index (χ4v) is 2.73. The number of esters is 1. The molecule has 0 fully saturated rings. The molecule has 0 aliphatic heterocycles. The minimum atomic E-state index is -0.880. The number of hydrogen-bond acceptors (Lipinski definition) is 4. The molecule has 5 nitrogen and oxygen atoms in total. The van der Waals surface area contributed by atoms with E-state index in [9.17, 15) is 14.3 Å². The number of carbonyl (C=O) groups excluding carboxylic acids is 1. The highest BCUT2D eigenvalue weighted by Crippen LogP contribution is 2.42. The number of rotatable bonds is 3. The summed E-state index contributed by atoms with van der Waals surface area (Å²) < 4.78 is 20.2. The van der Waals surface area contributed by atoms with Crippen molar-refractivity contribution < 1.29 is 19.0 Å². The van der Waals surface area contributed by atoms with Gasteiger partial charge in [-0.05, 0) is 30.7 Å². The molecular weight excluding hydrogens is 358 g/mol. The van der Waals surface area contributed by atoms with E-state index in [-0.39, 0.29) is 27.9 Å². The third kappa shape index (κ3) is 2.79. The lowest BCUT2D eigenvalue weighted by atomic mass is 10.1. The number of aromatic nitrogens is 2. The number of fused-ring (bicyclic) bond motifs is 1. The van der Waals surface area contributed by atoms with Crippen molar-refractivity contribution in [2.75, 3.05) is 6.61 Å². The lowest BCUT2D eigenvalue weighted by Crippen LogP contribution is -2.04. The van der Waals surface area contributed by atoms with Crippen LogP contribution >= 0.6 is 23.2 Å². The molecule has 0 aliphatic rings. The van der Waals surface area contributed by atoms with Gasteiger partial charge >= 0.3 is 5.97 Å². The molecule has 0 bridgehead atoms. The minimum absolute atomic E-state index is 0.0163. The topological polar surface area (TPSA) is 63.8 Å². The van der Waals surface area contributed by atoms with Crippen molar-refractivity contribution in [2.45, 2.75) is 6.92 Å². The van der Waals surface area contributed by atoms with Gasteiger partial charge in [0.25, 0.3) is 0 Å². The summed E-state index contributed by atoms with van der Waals surface area (Å²) in [5, 5.41) is 9.98. The molecule has 2 heterocycles. The third-order valence-electron chi connectivity index (χ3n) is 3.38. The number of hydrogen-bond donors (Lipinski definition) is 1.